The van der Waals surface area contributed by atoms with Gasteiger partial charge in [-0.1, -0.05) is 18.2 Å². The first kappa shape index (κ1) is 23.7. The Balaban J connectivity index is 1.52. The average Bonchev–Trinajstić information content (AvgIpc) is 3.31. The van der Waals surface area contributed by atoms with Crippen LogP contribution in [0.1, 0.15) is 27.2 Å². The second-order valence-electron chi connectivity index (χ2n) is 9.31. The van der Waals surface area contributed by atoms with Gasteiger partial charge in [0.25, 0.3) is 0 Å². The second-order valence-corrected chi connectivity index (χ2v) is 9.31. The van der Waals surface area contributed by atoms with Crippen molar-refractivity contribution in [2.24, 2.45) is 5.92 Å². The van der Waals surface area contributed by atoms with Crippen molar-refractivity contribution in [2.45, 2.75) is 45.7 Å². The topological polar surface area (TPSA) is 73.9 Å². The third-order valence-electron chi connectivity index (χ3n) is 5.47. The summed E-state index contributed by atoms with van der Waals surface area (Å²) in [6, 6.07) is 10.7. The van der Waals surface area contributed by atoms with Gasteiger partial charge in [-0.25, -0.2) is 9.59 Å². The molecule has 1 aliphatic heterocycles. The standard InChI is InChI=1S/C24H25F3N2O5/c1-23(2,3)34-21(30)28-11-10-15(13-28)14-29-19-12-17(6-9-20(19)32-22(29)31)16-4-7-18(8-5-16)33-24(25,26)27/h4-9,12,15H,10-11,13-14H2,1-3H3/t15-/m0/s1. The Morgan fingerprint density at radius 1 is 1.09 bits per heavy atom. The number of oxazole rings is 1. The quantitative estimate of drug-likeness (QED) is 0.501. The van der Waals surface area contributed by atoms with E-state index in [1.807, 2.05) is 20.8 Å². The highest BCUT2D eigenvalue weighted by atomic mass is 19.4. The van der Waals surface area contributed by atoms with Gasteiger partial charge in [-0.15, -0.1) is 13.2 Å². The molecule has 2 aromatic carbocycles. The van der Waals surface area contributed by atoms with Crippen LogP contribution >= 0.6 is 0 Å². The summed E-state index contributed by atoms with van der Waals surface area (Å²) in [5, 5.41) is 0. The highest BCUT2D eigenvalue weighted by Crippen LogP contribution is 2.29. The molecule has 2 heterocycles. The highest BCUT2D eigenvalue weighted by molar-refractivity contribution is 5.80. The predicted octanol–water partition coefficient (Wildman–Crippen LogP) is 5.42. The van der Waals surface area contributed by atoms with Gasteiger partial charge in [-0.3, -0.25) is 4.57 Å². The van der Waals surface area contributed by atoms with Crippen molar-refractivity contribution in [1.29, 1.82) is 0 Å². The van der Waals surface area contributed by atoms with E-state index in [0.29, 0.717) is 41.9 Å². The van der Waals surface area contributed by atoms with Crippen LogP contribution in [-0.2, 0) is 11.3 Å². The maximum atomic E-state index is 12.5. The molecule has 0 radical (unpaired) electrons. The molecule has 34 heavy (non-hydrogen) atoms. The minimum atomic E-state index is -4.76. The number of benzene rings is 2. The molecule has 0 N–H and O–H groups in total. The largest absolute Gasteiger partial charge is 0.573 e. The summed E-state index contributed by atoms with van der Waals surface area (Å²) in [6.45, 7) is 6.81. The minimum absolute atomic E-state index is 0.0495. The van der Waals surface area contributed by atoms with E-state index in [0.717, 1.165) is 6.42 Å². The molecule has 1 atom stereocenters. The molecule has 1 fully saturated rings. The Labute approximate surface area is 193 Å². The SMILES string of the molecule is CC(C)(C)OC(=O)N1CC[C@H](Cn2c(=O)oc3ccc(-c4ccc(OC(F)(F)F)cc4)cc32)C1. The molecule has 1 saturated heterocycles. The number of ether oxygens (including phenoxy) is 2. The fourth-order valence-electron chi connectivity index (χ4n) is 4.00. The van der Waals surface area contributed by atoms with Crippen LogP contribution in [0.25, 0.3) is 22.2 Å². The Hall–Kier alpha value is -3.43. The molecule has 1 aliphatic rings. The molecule has 3 aromatic rings. The van der Waals surface area contributed by atoms with Gasteiger partial charge in [-0.2, -0.15) is 0 Å². The molecular weight excluding hydrogens is 453 g/mol. The van der Waals surface area contributed by atoms with E-state index >= 15 is 0 Å². The van der Waals surface area contributed by atoms with Crippen molar-refractivity contribution in [3.63, 3.8) is 0 Å². The number of carbonyl (C=O) groups is 1. The van der Waals surface area contributed by atoms with Crippen LogP contribution in [0.2, 0.25) is 0 Å². The Bertz CT molecular complexity index is 1240. The molecular formula is C24H25F3N2O5. The lowest BCUT2D eigenvalue weighted by atomic mass is 10.0. The zero-order valence-electron chi connectivity index (χ0n) is 19.0. The van der Waals surface area contributed by atoms with E-state index in [4.69, 9.17) is 9.15 Å². The first-order chi connectivity index (χ1) is 15.9. The number of nitrogens with zero attached hydrogens (tertiary/aromatic N) is 2. The van der Waals surface area contributed by atoms with Crippen molar-refractivity contribution in [3.05, 3.63) is 53.0 Å². The fourth-order valence-corrected chi connectivity index (χ4v) is 4.00. The third-order valence-corrected chi connectivity index (χ3v) is 5.47. The summed E-state index contributed by atoms with van der Waals surface area (Å²) in [7, 11) is 0. The van der Waals surface area contributed by atoms with Crippen LogP contribution in [0.5, 0.6) is 5.75 Å². The Morgan fingerprint density at radius 3 is 2.41 bits per heavy atom. The number of rotatable bonds is 4. The second kappa shape index (κ2) is 8.73. The van der Waals surface area contributed by atoms with Crippen molar-refractivity contribution >= 4 is 17.2 Å². The summed E-state index contributed by atoms with van der Waals surface area (Å²) >= 11 is 0. The molecule has 0 unspecified atom stereocenters. The molecule has 1 amide bonds. The first-order valence-corrected chi connectivity index (χ1v) is 10.9. The molecule has 0 aliphatic carbocycles. The first-order valence-electron chi connectivity index (χ1n) is 10.9. The molecule has 10 heteroatoms. The zero-order chi connectivity index (χ0) is 24.7. The summed E-state index contributed by atoms with van der Waals surface area (Å²) in [6.07, 6.45) is -4.41. The Morgan fingerprint density at radius 2 is 1.76 bits per heavy atom. The predicted molar refractivity (Wildman–Crippen MR) is 119 cm³/mol. The number of carbonyl (C=O) groups excluding carboxylic acids is 1. The average molecular weight is 478 g/mol. The lowest BCUT2D eigenvalue weighted by Gasteiger charge is -2.24. The summed E-state index contributed by atoms with van der Waals surface area (Å²) in [5.41, 5.74) is 1.78. The van der Waals surface area contributed by atoms with Gasteiger partial charge in [0.05, 0.1) is 5.52 Å². The Kier molecular flexibility index (Phi) is 6.09. The minimum Gasteiger partial charge on any atom is -0.444 e. The highest BCUT2D eigenvalue weighted by Gasteiger charge is 2.32. The maximum absolute atomic E-state index is 12.5. The van der Waals surface area contributed by atoms with E-state index in [1.54, 1.807) is 23.1 Å². The van der Waals surface area contributed by atoms with Gasteiger partial charge in [0.15, 0.2) is 5.58 Å². The van der Waals surface area contributed by atoms with E-state index in [9.17, 15) is 22.8 Å². The number of hydrogen-bond acceptors (Lipinski definition) is 5. The van der Waals surface area contributed by atoms with E-state index < -0.39 is 17.7 Å². The van der Waals surface area contributed by atoms with Gasteiger partial charge in [0, 0.05) is 19.6 Å². The number of fused-ring (bicyclic) bond motifs is 1. The van der Waals surface area contributed by atoms with Crippen molar-refractivity contribution < 1.29 is 31.9 Å². The molecule has 0 saturated carbocycles. The smallest absolute Gasteiger partial charge is 0.444 e. The van der Waals surface area contributed by atoms with Crippen molar-refractivity contribution in [3.8, 4) is 16.9 Å². The summed E-state index contributed by atoms with van der Waals surface area (Å²) in [4.78, 5) is 26.5. The van der Waals surface area contributed by atoms with Crippen LogP contribution < -0.4 is 10.5 Å². The van der Waals surface area contributed by atoms with Gasteiger partial charge in [0.2, 0.25) is 0 Å². The van der Waals surface area contributed by atoms with E-state index in [2.05, 4.69) is 4.74 Å². The summed E-state index contributed by atoms with van der Waals surface area (Å²) in [5.74, 6) is -0.765. The summed E-state index contributed by atoms with van der Waals surface area (Å²) < 4.78 is 53.4. The van der Waals surface area contributed by atoms with Crippen molar-refractivity contribution in [2.75, 3.05) is 13.1 Å². The van der Waals surface area contributed by atoms with Crippen LogP contribution in [-0.4, -0.2) is 40.6 Å². The number of amides is 1. The molecule has 7 nitrogen and oxygen atoms in total. The maximum Gasteiger partial charge on any atom is 0.573 e. The molecule has 182 valence electrons. The zero-order valence-corrected chi connectivity index (χ0v) is 19.0. The number of alkyl halides is 3. The van der Waals surface area contributed by atoms with Gasteiger partial charge in [-0.05, 0) is 68.5 Å². The molecule has 0 bridgehead atoms. The molecule has 1 aromatic heterocycles. The third kappa shape index (κ3) is 5.55. The van der Waals surface area contributed by atoms with Gasteiger partial charge in [0.1, 0.15) is 11.4 Å². The molecule has 4 rings (SSSR count). The number of aromatic nitrogens is 1. The van der Waals surface area contributed by atoms with E-state index in [1.165, 1.54) is 28.8 Å². The normalized spacial score (nSPS) is 16.8. The van der Waals surface area contributed by atoms with Gasteiger partial charge < -0.3 is 18.8 Å². The lowest BCUT2D eigenvalue weighted by molar-refractivity contribution is -0.274. The van der Waals surface area contributed by atoms with Crippen LogP contribution in [0, 0.1) is 5.92 Å². The van der Waals surface area contributed by atoms with Crippen LogP contribution in [0.15, 0.2) is 51.7 Å². The van der Waals surface area contributed by atoms with Crippen LogP contribution in [0.4, 0.5) is 18.0 Å². The number of halogens is 3. The van der Waals surface area contributed by atoms with Gasteiger partial charge >= 0.3 is 18.2 Å². The lowest BCUT2D eigenvalue weighted by Crippen LogP contribution is -2.35. The molecule has 0 spiro atoms. The van der Waals surface area contributed by atoms with Crippen LogP contribution in [0.3, 0.4) is 0 Å². The number of likely N-dealkylation sites (tertiary alicyclic amines) is 1. The fraction of sp³-hybridized carbons (Fsp3) is 0.417. The van der Waals surface area contributed by atoms with E-state index in [-0.39, 0.29) is 17.8 Å². The van der Waals surface area contributed by atoms with Crippen molar-refractivity contribution in [1.82, 2.24) is 9.47 Å². The number of hydrogen-bond donors (Lipinski definition) is 0. The monoisotopic (exact) mass is 478 g/mol.